The van der Waals surface area contributed by atoms with Gasteiger partial charge < -0.3 is 9.88 Å². The third-order valence-electron chi connectivity index (χ3n) is 5.35. The predicted molar refractivity (Wildman–Crippen MR) is 104 cm³/mol. The fourth-order valence-electron chi connectivity index (χ4n) is 3.99. The molecule has 0 radical (unpaired) electrons. The minimum atomic E-state index is -0.632. The maximum Gasteiger partial charge on any atom is 0.249 e. The second-order valence-corrected chi connectivity index (χ2v) is 8.01. The topological polar surface area (TPSA) is 54.3 Å². The van der Waals surface area contributed by atoms with Gasteiger partial charge in [0.2, 0.25) is 11.8 Å². The monoisotopic (exact) mass is 415 g/mol. The number of rotatable bonds is 3. The molecule has 2 amide bonds. The summed E-state index contributed by atoms with van der Waals surface area (Å²) < 4.78 is 2.87. The summed E-state index contributed by atoms with van der Waals surface area (Å²) in [6.45, 7) is 2.24. The van der Waals surface area contributed by atoms with Crippen LogP contribution < -0.4 is 10.2 Å². The fraction of sp³-hybridized carbons (Fsp3) is 0.400. The van der Waals surface area contributed by atoms with E-state index in [4.69, 9.17) is 0 Å². The van der Waals surface area contributed by atoms with Crippen LogP contribution in [-0.4, -0.2) is 22.4 Å². The normalized spacial score (nSPS) is 20.3. The zero-order valence-electron chi connectivity index (χ0n) is 14.7. The van der Waals surface area contributed by atoms with Crippen LogP contribution in [0.25, 0.3) is 0 Å². The van der Waals surface area contributed by atoms with Gasteiger partial charge in [0, 0.05) is 22.4 Å². The smallest absolute Gasteiger partial charge is 0.249 e. The van der Waals surface area contributed by atoms with Gasteiger partial charge in [-0.2, -0.15) is 0 Å². The predicted octanol–water partition coefficient (Wildman–Crippen LogP) is 3.71. The third-order valence-corrected chi connectivity index (χ3v) is 6.24. The van der Waals surface area contributed by atoms with E-state index in [0.717, 1.165) is 47.1 Å². The fourth-order valence-corrected chi connectivity index (χ4v) is 4.24. The highest BCUT2D eigenvalue weighted by atomic mass is 79.9. The van der Waals surface area contributed by atoms with E-state index in [1.165, 1.54) is 0 Å². The summed E-state index contributed by atoms with van der Waals surface area (Å²) in [4.78, 5) is 27.7. The highest BCUT2D eigenvalue weighted by Crippen LogP contribution is 2.34. The van der Waals surface area contributed by atoms with Crippen LogP contribution in [0.15, 0.2) is 41.0 Å². The Bertz CT molecular complexity index is 854. The Balaban J connectivity index is 1.73. The number of halogens is 1. The van der Waals surface area contributed by atoms with E-state index in [-0.39, 0.29) is 24.4 Å². The molecule has 1 saturated carbocycles. The molecule has 4 rings (SSSR count). The maximum absolute atomic E-state index is 13.2. The van der Waals surface area contributed by atoms with Crippen molar-refractivity contribution in [2.75, 3.05) is 4.90 Å². The number of carbonyl (C=O) groups excluding carboxylic acids is 2. The lowest BCUT2D eigenvalue weighted by atomic mass is 10.0. The van der Waals surface area contributed by atoms with Crippen molar-refractivity contribution < 1.29 is 9.59 Å². The number of aryl methyl sites for hydroxylation is 1. The Kier molecular flexibility index (Phi) is 4.61. The average molecular weight is 416 g/mol. The lowest BCUT2D eigenvalue weighted by molar-refractivity contribution is -0.128. The van der Waals surface area contributed by atoms with Gasteiger partial charge >= 0.3 is 0 Å². The average Bonchev–Trinajstić information content (AvgIpc) is 3.27. The van der Waals surface area contributed by atoms with Crippen molar-refractivity contribution in [2.24, 2.45) is 0 Å². The molecule has 2 aromatic rings. The summed E-state index contributed by atoms with van der Waals surface area (Å²) in [6.07, 6.45) is 6.21. The Morgan fingerprint density at radius 1 is 1.23 bits per heavy atom. The Hall–Kier alpha value is -2.08. The van der Waals surface area contributed by atoms with Crippen LogP contribution in [0.3, 0.4) is 0 Å². The van der Waals surface area contributed by atoms with Crippen LogP contribution in [0.4, 0.5) is 5.69 Å². The lowest BCUT2D eigenvalue weighted by Gasteiger charge is -2.36. The molecular formula is C20H22BrN3O2. The van der Waals surface area contributed by atoms with Crippen LogP contribution in [0.1, 0.15) is 43.0 Å². The minimum absolute atomic E-state index is 0.0676. The molecule has 6 heteroatoms. The molecule has 2 aliphatic rings. The first-order chi connectivity index (χ1) is 12.5. The second kappa shape index (κ2) is 6.91. The first-order valence-corrected chi connectivity index (χ1v) is 9.87. The van der Waals surface area contributed by atoms with E-state index in [1.54, 1.807) is 4.90 Å². The Labute approximate surface area is 161 Å². The van der Waals surface area contributed by atoms with Crippen molar-refractivity contribution in [1.82, 2.24) is 9.88 Å². The van der Waals surface area contributed by atoms with E-state index in [0.29, 0.717) is 0 Å². The second-order valence-electron chi connectivity index (χ2n) is 7.15. The van der Waals surface area contributed by atoms with Crippen molar-refractivity contribution in [3.8, 4) is 0 Å². The van der Waals surface area contributed by atoms with Gasteiger partial charge in [0.05, 0.1) is 5.69 Å². The molecule has 1 N–H and O–H groups in total. The van der Waals surface area contributed by atoms with Crippen molar-refractivity contribution >= 4 is 33.4 Å². The minimum Gasteiger partial charge on any atom is -0.351 e. The van der Waals surface area contributed by atoms with Crippen LogP contribution in [0.5, 0.6) is 0 Å². The molecule has 1 aliphatic carbocycles. The number of nitrogens with one attached hydrogen (secondary N) is 1. The zero-order valence-corrected chi connectivity index (χ0v) is 16.3. The van der Waals surface area contributed by atoms with Crippen LogP contribution in [0.2, 0.25) is 0 Å². The molecular weight excluding hydrogens is 394 g/mol. The Morgan fingerprint density at radius 3 is 2.73 bits per heavy atom. The van der Waals surface area contributed by atoms with Crippen molar-refractivity contribution in [3.63, 3.8) is 0 Å². The van der Waals surface area contributed by atoms with Crippen LogP contribution in [-0.2, 0) is 16.1 Å². The van der Waals surface area contributed by atoms with Gasteiger partial charge in [-0.05, 0) is 55.7 Å². The van der Waals surface area contributed by atoms with Crippen molar-refractivity contribution in [1.29, 1.82) is 0 Å². The first kappa shape index (κ1) is 17.3. The summed E-state index contributed by atoms with van der Waals surface area (Å²) in [7, 11) is 0. The molecule has 136 valence electrons. The number of carbonyl (C=O) groups is 2. The largest absolute Gasteiger partial charge is 0.351 e. The molecule has 1 aromatic carbocycles. The maximum atomic E-state index is 13.2. The molecule has 5 nitrogen and oxygen atoms in total. The molecule has 1 fully saturated rings. The number of hydrogen-bond donors (Lipinski definition) is 1. The SMILES string of the molecule is Cc1cc(N2C(=O)Cn3cccc3C2C(=O)NC2CCCC2)ccc1Br. The molecule has 0 saturated heterocycles. The standard InChI is InChI=1S/C20H22BrN3O2/c1-13-11-15(8-9-16(13)21)24-18(25)12-23-10-4-7-17(23)19(24)20(26)22-14-5-2-3-6-14/h4,7-11,14,19H,2-3,5-6,12H2,1H3,(H,22,26). The number of fused-ring (bicyclic) bond motifs is 1. The Morgan fingerprint density at radius 2 is 2.00 bits per heavy atom. The number of amides is 2. The van der Waals surface area contributed by atoms with Gasteiger partial charge in [-0.15, -0.1) is 0 Å². The van der Waals surface area contributed by atoms with Gasteiger partial charge in [0.25, 0.3) is 0 Å². The molecule has 26 heavy (non-hydrogen) atoms. The van der Waals surface area contributed by atoms with E-state index in [2.05, 4.69) is 21.2 Å². The summed E-state index contributed by atoms with van der Waals surface area (Å²) >= 11 is 3.50. The molecule has 1 aliphatic heterocycles. The summed E-state index contributed by atoms with van der Waals surface area (Å²) in [5, 5.41) is 3.17. The number of nitrogens with zero attached hydrogens (tertiary/aromatic N) is 2. The van der Waals surface area contributed by atoms with Gasteiger partial charge in [-0.1, -0.05) is 28.8 Å². The highest BCUT2D eigenvalue weighted by Gasteiger charge is 2.39. The number of anilines is 1. The van der Waals surface area contributed by atoms with Crippen LogP contribution >= 0.6 is 15.9 Å². The van der Waals surface area contributed by atoms with Gasteiger partial charge in [0.1, 0.15) is 6.54 Å². The van der Waals surface area contributed by atoms with Crippen molar-refractivity contribution in [2.45, 2.75) is 51.2 Å². The van der Waals surface area contributed by atoms with E-state index in [9.17, 15) is 9.59 Å². The number of benzene rings is 1. The summed E-state index contributed by atoms with van der Waals surface area (Å²) in [5.74, 6) is -0.160. The lowest BCUT2D eigenvalue weighted by Crippen LogP contribution is -2.50. The molecule has 1 atom stereocenters. The quantitative estimate of drug-likeness (QED) is 0.830. The van der Waals surface area contributed by atoms with E-state index < -0.39 is 6.04 Å². The molecule has 1 unspecified atom stereocenters. The van der Waals surface area contributed by atoms with Gasteiger partial charge in [-0.25, -0.2) is 0 Å². The first-order valence-electron chi connectivity index (χ1n) is 9.08. The highest BCUT2D eigenvalue weighted by molar-refractivity contribution is 9.10. The van der Waals surface area contributed by atoms with Crippen molar-refractivity contribution in [3.05, 3.63) is 52.3 Å². The van der Waals surface area contributed by atoms with Gasteiger partial charge in [0.15, 0.2) is 6.04 Å². The number of aromatic nitrogens is 1. The van der Waals surface area contributed by atoms with E-state index in [1.807, 2.05) is 48.0 Å². The number of hydrogen-bond acceptors (Lipinski definition) is 2. The molecule has 1 aromatic heterocycles. The van der Waals surface area contributed by atoms with Crippen LogP contribution in [0, 0.1) is 6.92 Å². The summed E-state index contributed by atoms with van der Waals surface area (Å²) in [6, 6.07) is 9.19. The van der Waals surface area contributed by atoms with Gasteiger partial charge in [-0.3, -0.25) is 14.5 Å². The molecule has 0 bridgehead atoms. The summed E-state index contributed by atoms with van der Waals surface area (Å²) in [5.41, 5.74) is 2.65. The molecule has 0 spiro atoms. The zero-order chi connectivity index (χ0) is 18.3. The third kappa shape index (κ3) is 3.07. The van der Waals surface area contributed by atoms with E-state index >= 15 is 0 Å². The molecule has 2 heterocycles.